The Morgan fingerprint density at radius 1 is 1.32 bits per heavy atom. The van der Waals surface area contributed by atoms with Gasteiger partial charge in [0.2, 0.25) is 5.91 Å². The number of amides is 1. The Kier molecular flexibility index (Phi) is 4.40. The number of aromatic nitrogens is 2. The van der Waals surface area contributed by atoms with Gasteiger partial charge in [-0.3, -0.25) is 14.2 Å². The second-order valence-electron chi connectivity index (χ2n) is 7.64. The van der Waals surface area contributed by atoms with E-state index in [0.717, 1.165) is 48.9 Å². The largest absolute Gasteiger partial charge is 0.338 e. The smallest absolute Gasteiger partial charge is 0.262 e. The summed E-state index contributed by atoms with van der Waals surface area (Å²) in [6, 6.07) is 0.268. The number of piperidine rings is 1. The van der Waals surface area contributed by atoms with Gasteiger partial charge in [0.1, 0.15) is 11.4 Å². The van der Waals surface area contributed by atoms with Crippen LogP contribution in [-0.4, -0.2) is 32.9 Å². The van der Waals surface area contributed by atoms with Crippen LogP contribution in [-0.2, 0) is 24.2 Å². The quantitative estimate of drug-likeness (QED) is 0.828. The van der Waals surface area contributed by atoms with E-state index in [1.165, 1.54) is 21.4 Å². The third-order valence-electron chi connectivity index (χ3n) is 5.71. The second kappa shape index (κ2) is 6.56. The van der Waals surface area contributed by atoms with E-state index in [9.17, 15) is 9.59 Å². The predicted molar refractivity (Wildman–Crippen MR) is 100 cm³/mol. The van der Waals surface area contributed by atoms with E-state index >= 15 is 0 Å². The summed E-state index contributed by atoms with van der Waals surface area (Å²) in [5.41, 5.74) is 1.14. The van der Waals surface area contributed by atoms with E-state index in [0.29, 0.717) is 5.92 Å². The molecule has 0 aromatic carbocycles. The fourth-order valence-corrected chi connectivity index (χ4v) is 5.52. The molecule has 25 heavy (non-hydrogen) atoms. The van der Waals surface area contributed by atoms with Gasteiger partial charge in [-0.25, -0.2) is 4.98 Å². The zero-order chi connectivity index (χ0) is 17.6. The van der Waals surface area contributed by atoms with Crippen molar-refractivity contribution in [2.24, 2.45) is 5.92 Å². The molecule has 0 bridgehead atoms. The van der Waals surface area contributed by atoms with Crippen LogP contribution in [0.25, 0.3) is 10.2 Å². The zero-order valence-electron chi connectivity index (χ0n) is 15.0. The van der Waals surface area contributed by atoms with Crippen molar-refractivity contribution in [2.75, 3.05) is 6.54 Å². The summed E-state index contributed by atoms with van der Waals surface area (Å²) >= 11 is 1.65. The summed E-state index contributed by atoms with van der Waals surface area (Å²) in [5.74, 6) is 0.707. The first-order valence-electron chi connectivity index (χ1n) is 9.33. The predicted octanol–water partition coefficient (Wildman–Crippen LogP) is 2.98. The van der Waals surface area contributed by atoms with Crippen LogP contribution in [0.2, 0.25) is 0 Å². The summed E-state index contributed by atoms with van der Waals surface area (Å²) in [6.45, 7) is 5.26. The number of likely N-dealkylation sites (tertiary alicyclic amines) is 1. The average molecular weight is 359 g/mol. The highest BCUT2D eigenvalue weighted by atomic mass is 32.1. The maximum Gasteiger partial charge on any atom is 0.262 e. The molecular formula is C19H25N3O2S. The Morgan fingerprint density at radius 2 is 2.16 bits per heavy atom. The molecule has 2 aromatic heterocycles. The molecule has 3 heterocycles. The van der Waals surface area contributed by atoms with Gasteiger partial charge in [0, 0.05) is 17.5 Å². The van der Waals surface area contributed by atoms with Crippen LogP contribution in [0.5, 0.6) is 0 Å². The van der Waals surface area contributed by atoms with Crippen molar-refractivity contribution in [1.29, 1.82) is 0 Å². The molecule has 0 spiro atoms. The standard InChI is InChI=1S/C19H25N3O2S/c1-12-6-7-14-15(9-12)25-18-17(14)19(24)21(11-20-18)10-16(23)22-8-4-3-5-13(22)2/h11-13H,3-10H2,1-2H3. The highest BCUT2D eigenvalue weighted by Gasteiger charge is 2.26. The third-order valence-corrected chi connectivity index (χ3v) is 6.87. The number of nitrogens with zero attached hydrogens (tertiary/aromatic N) is 3. The molecule has 2 atom stereocenters. The zero-order valence-corrected chi connectivity index (χ0v) is 15.8. The minimum atomic E-state index is -0.0462. The van der Waals surface area contributed by atoms with Crippen LogP contribution in [0, 0.1) is 5.92 Å². The fraction of sp³-hybridized carbons (Fsp3) is 0.632. The maximum atomic E-state index is 13.0. The lowest BCUT2D eigenvalue weighted by Gasteiger charge is -2.33. The van der Waals surface area contributed by atoms with Crippen molar-refractivity contribution in [3.8, 4) is 0 Å². The van der Waals surface area contributed by atoms with E-state index < -0.39 is 0 Å². The SMILES string of the molecule is CC1CCc2c(sc3ncn(CC(=O)N4CCCCC4C)c(=O)c23)C1. The Labute approximate surface area is 151 Å². The first kappa shape index (κ1) is 16.8. The molecule has 6 heteroatoms. The lowest BCUT2D eigenvalue weighted by molar-refractivity contribution is -0.135. The van der Waals surface area contributed by atoms with Gasteiger partial charge in [0.05, 0.1) is 11.7 Å². The van der Waals surface area contributed by atoms with Gasteiger partial charge in [-0.05, 0) is 56.9 Å². The topological polar surface area (TPSA) is 55.2 Å². The maximum absolute atomic E-state index is 13.0. The van der Waals surface area contributed by atoms with Crippen LogP contribution in [0.1, 0.15) is 50.0 Å². The molecule has 5 nitrogen and oxygen atoms in total. The van der Waals surface area contributed by atoms with Gasteiger partial charge in [0.25, 0.3) is 5.56 Å². The number of hydrogen-bond donors (Lipinski definition) is 0. The average Bonchev–Trinajstić information content (AvgIpc) is 2.95. The number of carbonyl (C=O) groups excluding carboxylic acids is 1. The van der Waals surface area contributed by atoms with Crippen molar-refractivity contribution < 1.29 is 4.79 Å². The lowest BCUT2D eigenvalue weighted by Crippen LogP contribution is -2.44. The minimum Gasteiger partial charge on any atom is -0.338 e. The Morgan fingerprint density at radius 3 is 2.96 bits per heavy atom. The van der Waals surface area contributed by atoms with E-state index in [4.69, 9.17) is 0 Å². The summed E-state index contributed by atoms with van der Waals surface area (Å²) in [4.78, 5) is 34.2. The molecule has 134 valence electrons. The van der Waals surface area contributed by atoms with Crippen LogP contribution < -0.4 is 5.56 Å². The van der Waals surface area contributed by atoms with Gasteiger partial charge in [0.15, 0.2) is 0 Å². The minimum absolute atomic E-state index is 0.0353. The van der Waals surface area contributed by atoms with Crippen molar-refractivity contribution in [1.82, 2.24) is 14.5 Å². The Balaban J connectivity index is 1.65. The molecule has 0 saturated carbocycles. The van der Waals surface area contributed by atoms with E-state index in [1.807, 2.05) is 4.90 Å². The summed E-state index contributed by atoms with van der Waals surface area (Å²) in [6.07, 6.45) is 7.96. The van der Waals surface area contributed by atoms with E-state index in [2.05, 4.69) is 18.8 Å². The lowest BCUT2D eigenvalue weighted by atomic mass is 9.89. The van der Waals surface area contributed by atoms with Gasteiger partial charge in [-0.2, -0.15) is 0 Å². The summed E-state index contributed by atoms with van der Waals surface area (Å²) in [7, 11) is 0. The molecular weight excluding hydrogens is 334 g/mol. The van der Waals surface area contributed by atoms with Gasteiger partial charge in [-0.1, -0.05) is 6.92 Å². The third kappa shape index (κ3) is 3.01. The molecule has 2 aliphatic rings. The van der Waals surface area contributed by atoms with Crippen molar-refractivity contribution in [2.45, 2.75) is 65.0 Å². The molecule has 1 saturated heterocycles. The van der Waals surface area contributed by atoms with Crippen molar-refractivity contribution >= 4 is 27.5 Å². The van der Waals surface area contributed by atoms with Crippen LogP contribution in [0.4, 0.5) is 0 Å². The molecule has 1 aliphatic carbocycles. The molecule has 1 amide bonds. The number of fused-ring (bicyclic) bond motifs is 3. The molecule has 0 N–H and O–H groups in total. The highest BCUT2D eigenvalue weighted by molar-refractivity contribution is 7.18. The fourth-order valence-electron chi connectivity index (χ4n) is 4.18. The van der Waals surface area contributed by atoms with E-state index in [-0.39, 0.29) is 24.1 Å². The number of aryl methyl sites for hydroxylation is 1. The molecule has 4 rings (SSSR count). The number of hydrogen-bond acceptors (Lipinski definition) is 4. The number of carbonyl (C=O) groups is 1. The molecule has 1 fully saturated rings. The monoisotopic (exact) mass is 359 g/mol. The van der Waals surface area contributed by atoms with Gasteiger partial charge < -0.3 is 4.90 Å². The molecule has 2 unspecified atom stereocenters. The van der Waals surface area contributed by atoms with Crippen LogP contribution in [0.3, 0.4) is 0 Å². The second-order valence-corrected chi connectivity index (χ2v) is 8.73. The van der Waals surface area contributed by atoms with Crippen LogP contribution in [0.15, 0.2) is 11.1 Å². The van der Waals surface area contributed by atoms with Gasteiger partial charge >= 0.3 is 0 Å². The Hall–Kier alpha value is -1.69. The summed E-state index contributed by atoms with van der Waals surface area (Å²) in [5, 5.41) is 0.758. The highest BCUT2D eigenvalue weighted by Crippen LogP contribution is 2.35. The molecule has 2 aromatic rings. The molecule has 0 radical (unpaired) electrons. The first-order chi connectivity index (χ1) is 12.0. The normalized spacial score (nSPS) is 23.7. The summed E-state index contributed by atoms with van der Waals surface area (Å²) < 4.78 is 1.51. The van der Waals surface area contributed by atoms with Crippen molar-refractivity contribution in [3.63, 3.8) is 0 Å². The Bertz CT molecular complexity index is 869. The molecule has 1 aliphatic heterocycles. The number of thiophene rings is 1. The van der Waals surface area contributed by atoms with E-state index in [1.54, 1.807) is 17.7 Å². The van der Waals surface area contributed by atoms with Crippen molar-refractivity contribution in [3.05, 3.63) is 27.1 Å². The first-order valence-corrected chi connectivity index (χ1v) is 10.2. The number of rotatable bonds is 2. The van der Waals surface area contributed by atoms with Crippen LogP contribution >= 0.6 is 11.3 Å². The van der Waals surface area contributed by atoms with Gasteiger partial charge in [-0.15, -0.1) is 11.3 Å².